The first-order valence-corrected chi connectivity index (χ1v) is 12.9. The topological polar surface area (TPSA) is 93.9 Å². The molecule has 1 aromatic carbocycles. The summed E-state index contributed by atoms with van der Waals surface area (Å²) in [7, 11) is 3.83. The number of allylic oxidation sites excluding steroid dienone is 3. The molecule has 1 unspecified atom stereocenters. The number of hydrogen-bond donors (Lipinski definition) is 3. The van der Waals surface area contributed by atoms with Gasteiger partial charge >= 0.3 is 0 Å². The SMILES string of the molecule is CN[C@@]1(C2CC2)CCN(C(/C=C(/C)N)=C/C(C)C(=O)NCc2cc(F)cc(N3C=C(C)N(C)C3)c2)C1=O. The molecule has 2 aliphatic heterocycles. The highest BCUT2D eigenvalue weighted by atomic mass is 19.1. The summed E-state index contributed by atoms with van der Waals surface area (Å²) in [5.74, 6) is -0.682. The van der Waals surface area contributed by atoms with E-state index in [-0.39, 0.29) is 24.2 Å². The summed E-state index contributed by atoms with van der Waals surface area (Å²) in [5, 5.41) is 6.20. The highest BCUT2D eigenvalue weighted by molar-refractivity contribution is 5.91. The first kappa shape index (κ1) is 26.7. The summed E-state index contributed by atoms with van der Waals surface area (Å²) in [6.07, 6.45) is 8.34. The fourth-order valence-electron chi connectivity index (χ4n) is 5.27. The van der Waals surface area contributed by atoms with E-state index in [4.69, 9.17) is 5.73 Å². The molecule has 0 spiro atoms. The Balaban J connectivity index is 1.45. The van der Waals surface area contributed by atoms with E-state index in [1.165, 1.54) is 12.1 Å². The van der Waals surface area contributed by atoms with Crippen molar-refractivity contribution in [1.82, 2.24) is 20.4 Å². The van der Waals surface area contributed by atoms with Gasteiger partial charge in [0.1, 0.15) is 11.4 Å². The van der Waals surface area contributed by atoms with Gasteiger partial charge in [-0.2, -0.15) is 0 Å². The van der Waals surface area contributed by atoms with Crippen LogP contribution in [0.25, 0.3) is 0 Å². The minimum absolute atomic E-state index is 0.0398. The number of hydrogen-bond acceptors (Lipinski definition) is 6. The molecule has 4 rings (SSSR count). The van der Waals surface area contributed by atoms with Crippen LogP contribution in [0.3, 0.4) is 0 Å². The van der Waals surface area contributed by atoms with Gasteiger partial charge in [0.15, 0.2) is 0 Å². The van der Waals surface area contributed by atoms with Crippen LogP contribution in [-0.2, 0) is 16.1 Å². The number of halogens is 1. The molecule has 2 atom stereocenters. The van der Waals surface area contributed by atoms with E-state index in [2.05, 4.69) is 15.5 Å². The molecule has 8 nitrogen and oxygen atoms in total. The number of nitrogens with one attached hydrogen (secondary N) is 2. The van der Waals surface area contributed by atoms with Gasteiger partial charge in [-0.15, -0.1) is 0 Å². The molecule has 1 aromatic rings. The highest BCUT2D eigenvalue weighted by Gasteiger charge is 2.55. The predicted molar refractivity (Wildman–Crippen MR) is 143 cm³/mol. The number of likely N-dealkylation sites (N-methyl/N-ethyl adjacent to an activating group) is 1. The summed E-state index contributed by atoms with van der Waals surface area (Å²) in [6, 6.07) is 4.81. The van der Waals surface area contributed by atoms with Gasteiger partial charge in [0.25, 0.3) is 0 Å². The van der Waals surface area contributed by atoms with Crippen molar-refractivity contribution in [2.45, 2.75) is 52.1 Å². The third-order valence-corrected chi connectivity index (χ3v) is 7.65. The van der Waals surface area contributed by atoms with Crippen LogP contribution in [0, 0.1) is 17.7 Å². The molecule has 1 saturated carbocycles. The van der Waals surface area contributed by atoms with Crippen molar-refractivity contribution in [2.24, 2.45) is 17.6 Å². The van der Waals surface area contributed by atoms with Crippen LogP contribution in [0.2, 0.25) is 0 Å². The number of carbonyl (C=O) groups excluding carboxylic acids is 2. The lowest BCUT2D eigenvalue weighted by atomic mass is 9.91. The predicted octanol–water partition coefficient (Wildman–Crippen LogP) is 3.00. The number of nitrogens with two attached hydrogens (primary N) is 1. The molecule has 1 saturated heterocycles. The Kier molecular flexibility index (Phi) is 7.64. The molecule has 2 amide bonds. The van der Waals surface area contributed by atoms with E-state index in [0.29, 0.717) is 36.1 Å². The van der Waals surface area contributed by atoms with Crippen molar-refractivity contribution in [1.29, 1.82) is 0 Å². The van der Waals surface area contributed by atoms with E-state index >= 15 is 0 Å². The second-order valence-electron chi connectivity index (χ2n) is 10.6. The molecule has 4 N–H and O–H groups in total. The number of nitrogens with zero attached hydrogens (tertiary/aromatic N) is 3. The standard InChI is InChI=1S/C28H39FN6O2/c1-18(10-25(11-19(2)30)35-9-8-28(31-4,27(35)37)22-6-7-22)26(36)32-15-21-12-23(29)14-24(13-21)34-16-20(3)33(5)17-34/h10-14,16,18,22,31H,6-9,15,17,30H2,1-5H3,(H,32,36)/b19-11-,25-10+/t18?,28-/m1/s1. The minimum atomic E-state index is -0.534. The van der Waals surface area contributed by atoms with Crippen molar-refractivity contribution >= 4 is 17.5 Å². The van der Waals surface area contributed by atoms with Crippen LogP contribution >= 0.6 is 0 Å². The Hall–Kier alpha value is -3.33. The molecule has 200 valence electrons. The summed E-state index contributed by atoms with van der Waals surface area (Å²) >= 11 is 0. The average Bonchev–Trinajstić information content (AvgIpc) is 3.56. The van der Waals surface area contributed by atoms with Gasteiger partial charge in [0.05, 0.1) is 12.6 Å². The van der Waals surface area contributed by atoms with Crippen LogP contribution in [0.5, 0.6) is 0 Å². The van der Waals surface area contributed by atoms with Crippen LogP contribution in [0.1, 0.15) is 45.6 Å². The number of benzene rings is 1. The lowest BCUT2D eigenvalue weighted by Gasteiger charge is -2.28. The normalized spacial score (nSPS) is 23.6. The molecular weight excluding hydrogens is 471 g/mol. The second-order valence-corrected chi connectivity index (χ2v) is 10.6. The lowest BCUT2D eigenvalue weighted by molar-refractivity contribution is -0.132. The summed E-state index contributed by atoms with van der Waals surface area (Å²) in [5.41, 5.74) is 9.16. The van der Waals surface area contributed by atoms with E-state index in [0.717, 1.165) is 30.6 Å². The number of rotatable bonds is 9. The van der Waals surface area contributed by atoms with Crippen molar-refractivity contribution in [2.75, 3.05) is 32.2 Å². The number of carbonyl (C=O) groups is 2. The maximum Gasteiger partial charge on any atom is 0.247 e. The van der Waals surface area contributed by atoms with Gasteiger partial charge < -0.3 is 31.1 Å². The maximum absolute atomic E-state index is 14.4. The Morgan fingerprint density at radius 1 is 1.32 bits per heavy atom. The van der Waals surface area contributed by atoms with Crippen LogP contribution in [0.4, 0.5) is 10.1 Å². The number of anilines is 1. The largest absolute Gasteiger partial charge is 0.402 e. The van der Waals surface area contributed by atoms with Crippen molar-refractivity contribution in [3.05, 3.63) is 65.0 Å². The van der Waals surface area contributed by atoms with Crippen molar-refractivity contribution < 1.29 is 14.0 Å². The molecule has 1 aliphatic carbocycles. The quantitative estimate of drug-likeness (QED) is 0.443. The third-order valence-electron chi connectivity index (χ3n) is 7.65. The number of likely N-dealkylation sites (tertiary alicyclic amines) is 1. The van der Waals surface area contributed by atoms with E-state index < -0.39 is 11.5 Å². The van der Waals surface area contributed by atoms with Crippen LogP contribution in [0.15, 0.2) is 53.6 Å². The maximum atomic E-state index is 14.4. The molecule has 37 heavy (non-hydrogen) atoms. The fourth-order valence-corrected chi connectivity index (χ4v) is 5.27. The molecule has 0 radical (unpaired) electrons. The molecular formula is C28H39FN6O2. The fraction of sp³-hybridized carbons (Fsp3) is 0.500. The molecule has 0 aromatic heterocycles. The van der Waals surface area contributed by atoms with Gasteiger partial charge in [0.2, 0.25) is 11.8 Å². The Bertz CT molecular complexity index is 1150. The average molecular weight is 511 g/mol. The Labute approximate surface area is 219 Å². The van der Waals surface area contributed by atoms with Gasteiger partial charge in [-0.05, 0) is 82.0 Å². The smallest absolute Gasteiger partial charge is 0.247 e. The minimum Gasteiger partial charge on any atom is -0.402 e. The monoisotopic (exact) mass is 510 g/mol. The van der Waals surface area contributed by atoms with E-state index in [9.17, 15) is 14.0 Å². The van der Waals surface area contributed by atoms with Crippen LogP contribution in [-0.4, -0.2) is 54.5 Å². The van der Waals surface area contributed by atoms with Crippen LogP contribution < -0.4 is 21.3 Å². The molecule has 2 fully saturated rings. The zero-order valence-electron chi connectivity index (χ0n) is 22.5. The summed E-state index contributed by atoms with van der Waals surface area (Å²) in [6.45, 7) is 6.97. The first-order valence-electron chi connectivity index (χ1n) is 12.9. The Morgan fingerprint density at radius 2 is 2.05 bits per heavy atom. The second kappa shape index (κ2) is 10.6. The van der Waals surface area contributed by atoms with Gasteiger partial charge in [-0.3, -0.25) is 9.59 Å². The zero-order valence-corrected chi connectivity index (χ0v) is 22.5. The van der Waals surface area contributed by atoms with Gasteiger partial charge in [-0.25, -0.2) is 4.39 Å². The highest BCUT2D eigenvalue weighted by Crippen LogP contribution is 2.46. The summed E-state index contributed by atoms with van der Waals surface area (Å²) in [4.78, 5) is 32.2. The van der Waals surface area contributed by atoms with Gasteiger partial charge in [-0.1, -0.05) is 6.92 Å². The summed E-state index contributed by atoms with van der Waals surface area (Å²) < 4.78 is 14.4. The third kappa shape index (κ3) is 5.66. The molecule has 9 heteroatoms. The molecule has 2 heterocycles. The van der Waals surface area contributed by atoms with E-state index in [1.54, 1.807) is 30.9 Å². The van der Waals surface area contributed by atoms with Gasteiger partial charge in [0, 0.05) is 49.1 Å². The first-order chi connectivity index (χ1) is 17.5. The number of amides is 2. The zero-order chi connectivity index (χ0) is 26.9. The van der Waals surface area contributed by atoms with Crippen molar-refractivity contribution in [3.63, 3.8) is 0 Å². The molecule has 0 bridgehead atoms. The van der Waals surface area contributed by atoms with E-state index in [1.807, 2.05) is 38.2 Å². The lowest BCUT2D eigenvalue weighted by Crippen LogP contribution is -2.51. The Morgan fingerprint density at radius 3 is 2.65 bits per heavy atom. The molecule has 3 aliphatic rings. The van der Waals surface area contributed by atoms with Crippen molar-refractivity contribution in [3.8, 4) is 0 Å².